The van der Waals surface area contributed by atoms with Gasteiger partial charge in [-0.2, -0.15) is 5.26 Å². The predicted octanol–water partition coefficient (Wildman–Crippen LogP) is 5.84. The molecule has 0 N–H and O–H groups in total. The van der Waals surface area contributed by atoms with Crippen molar-refractivity contribution in [3.05, 3.63) is 83.9 Å². The smallest absolute Gasteiger partial charge is 0.0994 e. The third kappa shape index (κ3) is 3.03. The van der Waals surface area contributed by atoms with E-state index in [0.29, 0.717) is 0 Å². The van der Waals surface area contributed by atoms with E-state index in [1.165, 1.54) is 22.3 Å². The highest BCUT2D eigenvalue weighted by Gasteiger charge is 2.15. The van der Waals surface area contributed by atoms with Gasteiger partial charge >= 0.3 is 0 Å². The Hall–Kier alpha value is -2.85. The first-order chi connectivity index (χ1) is 11.3. The lowest BCUT2D eigenvalue weighted by Crippen LogP contribution is -1.97. The van der Waals surface area contributed by atoms with Gasteiger partial charge in [0.15, 0.2) is 0 Å². The molecule has 0 amide bonds. The summed E-state index contributed by atoms with van der Waals surface area (Å²) in [5.41, 5.74) is 6.69. The van der Waals surface area contributed by atoms with Crippen molar-refractivity contribution in [3.8, 4) is 28.3 Å². The standard InChI is InChI=1S/C22H19N/c1-2-9-20-19(16-23)14-15-21(17-10-5-3-6-11-17)22(20)18-12-7-4-8-13-18/h3-8,10-15H,2,9H2,1H3. The Morgan fingerprint density at radius 3 is 1.96 bits per heavy atom. The molecule has 0 aliphatic heterocycles. The van der Waals surface area contributed by atoms with Gasteiger partial charge in [-0.15, -0.1) is 0 Å². The van der Waals surface area contributed by atoms with E-state index in [2.05, 4.69) is 67.6 Å². The van der Waals surface area contributed by atoms with Crippen molar-refractivity contribution in [1.29, 1.82) is 5.26 Å². The van der Waals surface area contributed by atoms with Crippen molar-refractivity contribution < 1.29 is 0 Å². The van der Waals surface area contributed by atoms with Crippen LogP contribution in [0.5, 0.6) is 0 Å². The summed E-state index contributed by atoms with van der Waals surface area (Å²) in [6.07, 6.45) is 1.93. The number of hydrogen-bond donors (Lipinski definition) is 0. The molecule has 0 unspecified atom stereocenters. The molecule has 3 rings (SSSR count). The van der Waals surface area contributed by atoms with E-state index in [9.17, 15) is 5.26 Å². The van der Waals surface area contributed by atoms with Crippen LogP contribution in [0, 0.1) is 11.3 Å². The quantitative estimate of drug-likeness (QED) is 0.593. The SMILES string of the molecule is CCCc1c(C#N)ccc(-c2ccccc2)c1-c1ccccc1. The summed E-state index contributed by atoms with van der Waals surface area (Å²) in [6, 6.07) is 27.2. The topological polar surface area (TPSA) is 23.8 Å². The highest BCUT2D eigenvalue weighted by molar-refractivity contribution is 5.87. The Morgan fingerprint density at radius 2 is 1.39 bits per heavy atom. The molecule has 23 heavy (non-hydrogen) atoms. The summed E-state index contributed by atoms with van der Waals surface area (Å²) < 4.78 is 0. The molecule has 0 spiro atoms. The second-order valence-electron chi connectivity index (χ2n) is 5.61. The summed E-state index contributed by atoms with van der Waals surface area (Å²) in [7, 11) is 0. The van der Waals surface area contributed by atoms with Crippen LogP contribution in [-0.2, 0) is 6.42 Å². The number of benzene rings is 3. The normalized spacial score (nSPS) is 10.3. The van der Waals surface area contributed by atoms with E-state index >= 15 is 0 Å². The van der Waals surface area contributed by atoms with Crippen LogP contribution in [0.2, 0.25) is 0 Å². The van der Waals surface area contributed by atoms with E-state index in [1.807, 2.05) is 18.2 Å². The van der Waals surface area contributed by atoms with Crippen molar-refractivity contribution in [1.82, 2.24) is 0 Å². The number of nitriles is 1. The van der Waals surface area contributed by atoms with Crippen molar-refractivity contribution in [3.63, 3.8) is 0 Å². The van der Waals surface area contributed by atoms with Crippen LogP contribution in [0.3, 0.4) is 0 Å². The summed E-state index contributed by atoms with van der Waals surface area (Å²) >= 11 is 0. The zero-order valence-corrected chi connectivity index (χ0v) is 13.3. The Balaban J connectivity index is 2.33. The van der Waals surface area contributed by atoms with E-state index < -0.39 is 0 Å². The maximum atomic E-state index is 9.53. The molecule has 0 bridgehead atoms. The summed E-state index contributed by atoms with van der Waals surface area (Å²) in [6.45, 7) is 2.16. The number of nitrogens with zero attached hydrogens (tertiary/aromatic N) is 1. The third-order valence-corrected chi connectivity index (χ3v) is 4.08. The van der Waals surface area contributed by atoms with Gasteiger partial charge < -0.3 is 0 Å². The monoisotopic (exact) mass is 297 g/mol. The first-order valence-electron chi connectivity index (χ1n) is 8.02. The molecular weight excluding hydrogens is 278 g/mol. The van der Waals surface area contributed by atoms with Gasteiger partial charge in [0.25, 0.3) is 0 Å². The second kappa shape index (κ2) is 6.94. The Bertz CT molecular complexity index is 827. The van der Waals surface area contributed by atoms with Crippen LogP contribution in [0.4, 0.5) is 0 Å². The van der Waals surface area contributed by atoms with E-state index in [0.717, 1.165) is 24.0 Å². The van der Waals surface area contributed by atoms with E-state index in [1.54, 1.807) is 0 Å². The van der Waals surface area contributed by atoms with Gasteiger partial charge in [-0.25, -0.2) is 0 Å². The highest BCUT2D eigenvalue weighted by Crippen LogP contribution is 2.37. The van der Waals surface area contributed by atoms with Gasteiger partial charge in [0.2, 0.25) is 0 Å². The fraction of sp³-hybridized carbons (Fsp3) is 0.136. The third-order valence-electron chi connectivity index (χ3n) is 4.08. The largest absolute Gasteiger partial charge is 0.192 e. The maximum Gasteiger partial charge on any atom is 0.0994 e. The molecule has 0 radical (unpaired) electrons. The summed E-state index contributed by atoms with van der Waals surface area (Å²) in [4.78, 5) is 0. The van der Waals surface area contributed by atoms with Crippen LogP contribution in [-0.4, -0.2) is 0 Å². The fourth-order valence-electron chi connectivity index (χ4n) is 3.06. The van der Waals surface area contributed by atoms with Crippen molar-refractivity contribution in [2.24, 2.45) is 0 Å². The van der Waals surface area contributed by atoms with Gasteiger partial charge in [-0.05, 0) is 40.3 Å². The molecule has 0 saturated heterocycles. The van der Waals surface area contributed by atoms with Crippen molar-refractivity contribution in [2.75, 3.05) is 0 Å². The van der Waals surface area contributed by atoms with E-state index in [4.69, 9.17) is 0 Å². The van der Waals surface area contributed by atoms with Gasteiger partial charge in [0.05, 0.1) is 11.6 Å². The molecule has 0 heterocycles. The Labute approximate surface area is 137 Å². The number of hydrogen-bond acceptors (Lipinski definition) is 1. The lowest BCUT2D eigenvalue weighted by atomic mass is 9.86. The minimum Gasteiger partial charge on any atom is -0.192 e. The fourth-order valence-corrected chi connectivity index (χ4v) is 3.06. The molecule has 0 aliphatic carbocycles. The van der Waals surface area contributed by atoms with Crippen LogP contribution < -0.4 is 0 Å². The average molecular weight is 297 g/mol. The minimum absolute atomic E-state index is 0.783. The number of rotatable bonds is 4. The first-order valence-corrected chi connectivity index (χ1v) is 8.02. The Kier molecular flexibility index (Phi) is 4.54. The minimum atomic E-state index is 0.783. The summed E-state index contributed by atoms with van der Waals surface area (Å²) in [5, 5.41) is 9.53. The molecule has 0 atom stereocenters. The molecule has 0 saturated carbocycles. The van der Waals surface area contributed by atoms with Crippen LogP contribution in [0.25, 0.3) is 22.3 Å². The zero-order valence-electron chi connectivity index (χ0n) is 13.3. The summed E-state index contributed by atoms with van der Waals surface area (Å²) in [5.74, 6) is 0. The molecule has 3 aromatic carbocycles. The van der Waals surface area contributed by atoms with Crippen molar-refractivity contribution >= 4 is 0 Å². The van der Waals surface area contributed by atoms with Crippen LogP contribution in [0.1, 0.15) is 24.5 Å². The molecular formula is C22H19N. The second-order valence-corrected chi connectivity index (χ2v) is 5.61. The lowest BCUT2D eigenvalue weighted by Gasteiger charge is -2.17. The van der Waals surface area contributed by atoms with Gasteiger partial charge in [-0.1, -0.05) is 80.1 Å². The first kappa shape index (κ1) is 15.1. The van der Waals surface area contributed by atoms with Gasteiger partial charge in [-0.3, -0.25) is 0 Å². The lowest BCUT2D eigenvalue weighted by molar-refractivity contribution is 0.920. The molecule has 1 nitrogen and oxygen atoms in total. The van der Waals surface area contributed by atoms with Crippen LogP contribution >= 0.6 is 0 Å². The molecule has 0 aliphatic rings. The molecule has 0 aromatic heterocycles. The van der Waals surface area contributed by atoms with Gasteiger partial charge in [0, 0.05) is 0 Å². The molecule has 1 heteroatoms. The maximum absolute atomic E-state index is 9.53. The van der Waals surface area contributed by atoms with E-state index in [-0.39, 0.29) is 0 Å². The predicted molar refractivity (Wildman–Crippen MR) is 96.0 cm³/mol. The Morgan fingerprint density at radius 1 is 0.783 bits per heavy atom. The zero-order chi connectivity index (χ0) is 16.1. The van der Waals surface area contributed by atoms with Gasteiger partial charge in [0.1, 0.15) is 0 Å². The molecule has 3 aromatic rings. The average Bonchev–Trinajstić information content (AvgIpc) is 2.63. The molecule has 112 valence electrons. The highest BCUT2D eigenvalue weighted by atomic mass is 14.3. The molecule has 0 fully saturated rings. The van der Waals surface area contributed by atoms with Crippen LogP contribution in [0.15, 0.2) is 72.8 Å². The van der Waals surface area contributed by atoms with Crippen molar-refractivity contribution in [2.45, 2.75) is 19.8 Å².